The second-order valence-corrected chi connectivity index (χ2v) is 6.69. The van der Waals surface area contributed by atoms with E-state index in [1.807, 2.05) is 6.07 Å². The van der Waals surface area contributed by atoms with E-state index < -0.39 is 10.0 Å². The lowest BCUT2D eigenvalue weighted by atomic mass is 10.3. The maximum atomic E-state index is 12.8. The zero-order valence-corrected chi connectivity index (χ0v) is 12.7. The van der Waals surface area contributed by atoms with Crippen LogP contribution in [0.15, 0.2) is 59.8 Å². The Bertz CT molecular complexity index is 891. The van der Waals surface area contributed by atoms with E-state index in [-0.39, 0.29) is 10.2 Å². The summed E-state index contributed by atoms with van der Waals surface area (Å²) >= 11 is 6.05. The van der Waals surface area contributed by atoms with Gasteiger partial charge < -0.3 is 0 Å². The van der Waals surface area contributed by atoms with Crippen LogP contribution in [0.4, 0.5) is 5.69 Å². The molecular weight excluding hydrogens is 310 g/mol. The van der Waals surface area contributed by atoms with Gasteiger partial charge >= 0.3 is 0 Å². The van der Waals surface area contributed by atoms with Gasteiger partial charge in [-0.3, -0.25) is 8.71 Å². The standard InChI is InChI=1S/C14H12ClN3O2S/c1-17(11-7-3-2-4-8-11)21(19,20)14-13(15)16-12-9-5-6-10-18(12)14/h2-10H,1H3. The molecule has 0 unspecified atom stereocenters. The van der Waals surface area contributed by atoms with Crippen molar-refractivity contribution < 1.29 is 8.42 Å². The second-order valence-electron chi connectivity index (χ2n) is 4.44. The number of fused-ring (bicyclic) bond motifs is 1. The van der Waals surface area contributed by atoms with Crippen LogP contribution in [0.2, 0.25) is 5.15 Å². The molecule has 5 nitrogen and oxygen atoms in total. The Morgan fingerprint density at radius 2 is 1.76 bits per heavy atom. The number of hydrogen-bond donors (Lipinski definition) is 0. The lowest BCUT2D eigenvalue weighted by Gasteiger charge is -2.19. The van der Waals surface area contributed by atoms with Crippen molar-refractivity contribution in [3.05, 3.63) is 59.9 Å². The zero-order chi connectivity index (χ0) is 15.0. The third-order valence-electron chi connectivity index (χ3n) is 3.17. The quantitative estimate of drug-likeness (QED) is 0.745. The van der Waals surface area contributed by atoms with Crippen LogP contribution in [0, 0.1) is 0 Å². The van der Waals surface area contributed by atoms with E-state index in [4.69, 9.17) is 11.6 Å². The van der Waals surface area contributed by atoms with Gasteiger partial charge in [-0.25, -0.2) is 4.98 Å². The topological polar surface area (TPSA) is 54.7 Å². The number of hydrogen-bond acceptors (Lipinski definition) is 3. The van der Waals surface area contributed by atoms with Crippen molar-refractivity contribution >= 4 is 33.0 Å². The lowest BCUT2D eigenvalue weighted by molar-refractivity contribution is 0.589. The normalized spacial score (nSPS) is 11.7. The molecule has 0 fully saturated rings. The molecule has 21 heavy (non-hydrogen) atoms. The third-order valence-corrected chi connectivity index (χ3v) is 5.36. The van der Waals surface area contributed by atoms with Gasteiger partial charge in [0.2, 0.25) is 0 Å². The largest absolute Gasteiger partial charge is 0.288 e. The van der Waals surface area contributed by atoms with E-state index in [0.717, 1.165) is 0 Å². The van der Waals surface area contributed by atoms with Gasteiger partial charge in [0.05, 0.1) is 5.69 Å². The fourth-order valence-corrected chi connectivity index (χ4v) is 3.87. The van der Waals surface area contributed by atoms with Crippen LogP contribution < -0.4 is 4.31 Å². The molecule has 1 aromatic carbocycles. The monoisotopic (exact) mass is 321 g/mol. The molecule has 7 heteroatoms. The summed E-state index contributed by atoms with van der Waals surface area (Å²) in [6.07, 6.45) is 1.62. The Kier molecular flexibility index (Phi) is 3.35. The van der Waals surface area contributed by atoms with Crippen LogP contribution in [0.5, 0.6) is 0 Å². The molecule has 0 aliphatic heterocycles. The highest BCUT2D eigenvalue weighted by Gasteiger charge is 2.28. The van der Waals surface area contributed by atoms with E-state index in [9.17, 15) is 8.42 Å². The van der Waals surface area contributed by atoms with Gasteiger partial charge in [0.1, 0.15) is 5.65 Å². The summed E-state index contributed by atoms with van der Waals surface area (Å²) in [5.74, 6) is 0. The van der Waals surface area contributed by atoms with Crippen LogP contribution in [-0.2, 0) is 10.0 Å². The fourth-order valence-electron chi connectivity index (χ4n) is 2.08. The summed E-state index contributed by atoms with van der Waals surface area (Å²) in [5.41, 5.74) is 1.04. The smallest absolute Gasteiger partial charge is 0.283 e. The molecule has 0 aliphatic carbocycles. The van der Waals surface area contributed by atoms with Crippen LogP contribution in [-0.4, -0.2) is 24.9 Å². The van der Waals surface area contributed by atoms with E-state index in [0.29, 0.717) is 11.3 Å². The minimum atomic E-state index is -3.80. The molecule has 2 heterocycles. The van der Waals surface area contributed by atoms with Crippen LogP contribution >= 0.6 is 11.6 Å². The van der Waals surface area contributed by atoms with Gasteiger partial charge in [0.25, 0.3) is 10.0 Å². The Labute approximate surface area is 127 Å². The second kappa shape index (κ2) is 5.05. The number of sulfonamides is 1. The van der Waals surface area contributed by atoms with Gasteiger partial charge in [-0.2, -0.15) is 8.42 Å². The maximum absolute atomic E-state index is 12.8. The Balaban J connectivity index is 2.19. The van der Waals surface area contributed by atoms with Gasteiger partial charge in [-0.1, -0.05) is 35.9 Å². The summed E-state index contributed by atoms with van der Waals surface area (Å²) in [6, 6.07) is 14.0. The van der Waals surface area contributed by atoms with Gasteiger partial charge in [-0.05, 0) is 24.3 Å². The highest BCUT2D eigenvalue weighted by Crippen LogP contribution is 2.27. The van der Waals surface area contributed by atoms with Crippen molar-refractivity contribution in [2.75, 3.05) is 11.4 Å². The van der Waals surface area contributed by atoms with Crippen molar-refractivity contribution in [1.29, 1.82) is 0 Å². The van der Waals surface area contributed by atoms with Gasteiger partial charge in [-0.15, -0.1) is 0 Å². The molecule has 0 spiro atoms. The first kappa shape index (κ1) is 13.9. The predicted octanol–water partition coefficient (Wildman–Crippen LogP) is 2.81. The Morgan fingerprint density at radius 1 is 1.10 bits per heavy atom. The van der Waals surface area contributed by atoms with Gasteiger partial charge in [0, 0.05) is 13.2 Å². The molecular formula is C14H12ClN3O2S. The molecule has 0 saturated heterocycles. The summed E-state index contributed by atoms with van der Waals surface area (Å²) in [5, 5.41) is -0.0740. The van der Waals surface area contributed by atoms with E-state index in [1.165, 1.54) is 15.8 Å². The summed E-state index contributed by atoms with van der Waals surface area (Å²) in [4.78, 5) is 4.08. The predicted molar refractivity (Wildman–Crippen MR) is 82.2 cm³/mol. The van der Waals surface area contributed by atoms with Crippen molar-refractivity contribution in [3.63, 3.8) is 0 Å². The molecule has 3 rings (SSSR count). The highest BCUT2D eigenvalue weighted by molar-refractivity contribution is 7.92. The molecule has 2 aromatic heterocycles. The summed E-state index contributed by atoms with van der Waals surface area (Å²) in [7, 11) is -2.31. The van der Waals surface area contributed by atoms with E-state index in [2.05, 4.69) is 4.98 Å². The molecule has 0 amide bonds. The number of nitrogens with zero attached hydrogens (tertiary/aromatic N) is 3. The molecule has 0 bridgehead atoms. The van der Waals surface area contributed by atoms with Crippen LogP contribution in [0.3, 0.4) is 0 Å². The molecule has 3 aromatic rings. The van der Waals surface area contributed by atoms with Gasteiger partial charge in [0.15, 0.2) is 10.2 Å². The number of halogens is 1. The Hall–Kier alpha value is -2.05. The number of para-hydroxylation sites is 1. The molecule has 108 valence electrons. The average Bonchev–Trinajstić information content (AvgIpc) is 2.83. The average molecular weight is 322 g/mol. The SMILES string of the molecule is CN(c1ccccc1)S(=O)(=O)c1c(Cl)nc2ccccn12. The van der Waals surface area contributed by atoms with E-state index in [1.54, 1.807) is 48.7 Å². The molecule has 0 radical (unpaired) electrons. The number of pyridine rings is 1. The van der Waals surface area contributed by atoms with E-state index >= 15 is 0 Å². The molecule has 0 atom stereocenters. The number of anilines is 1. The summed E-state index contributed by atoms with van der Waals surface area (Å²) < 4.78 is 28.3. The van der Waals surface area contributed by atoms with Crippen molar-refractivity contribution in [3.8, 4) is 0 Å². The lowest BCUT2D eigenvalue weighted by Crippen LogP contribution is -2.27. The van der Waals surface area contributed by atoms with Crippen LogP contribution in [0.1, 0.15) is 0 Å². The minimum absolute atomic E-state index is 0.0360. The number of benzene rings is 1. The Morgan fingerprint density at radius 3 is 2.48 bits per heavy atom. The van der Waals surface area contributed by atoms with Crippen molar-refractivity contribution in [2.45, 2.75) is 5.03 Å². The molecule has 0 saturated carbocycles. The highest BCUT2D eigenvalue weighted by atomic mass is 35.5. The number of aromatic nitrogens is 2. The number of rotatable bonds is 3. The zero-order valence-electron chi connectivity index (χ0n) is 11.1. The van der Waals surface area contributed by atoms with Crippen molar-refractivity contribution in [1.82, 2.24) is 9.38 Å². The first-order valence-corrected chi connectivity index (χ1v) is 8.00. The fraction of sp³-hybridized carbons (Fsp3) is 0.0714. The first-order valence-electron chi connectivity index (χ1n) is 6.18. The third kappa shape index (κ3) is 2.26. The maximum Gasteiger partial charge on any atom is 0.283 e. The van der Waals surface area contributed by atoms with Crippen LogP contribution in [0.25, 0.3) is 5.65 Å². The molecule has 0 aliphatic rings. The van der Waals surface area contributed by atoms with Crippen molar-refractivity contribution in [2.24, 2.45) is 0 Å². The summed E-state index contributed by atoms with van der Waals surface area (Å²) in [6.45, 7) is 0. The number of imidazole rings is 1. The first-order chi connectivity index (χ1) is 10.0. The minimum Gasteiger partial charge on any atom is -0.288 e. The molecule has 0 N–H and O–H groups in total.